The van der Waals surface area contributed by atoms with E-state index in [9.17, 15) is 4.79 Å². The van der Waals surface area contributed by atoms with Crippen LogP contribution < -0.4 is 0 Å². The van der Waals surface area contributed by atoms with Gasteiger partial charge in [0.2, 0.25) is 0 Å². The molecule has 1 aliphatic rings. The van der Waals surface area contributed by atoms with Crippen LogP contribution in [-0.4, -0.2) is 15.8 Å². The Bertz CT molecular complexity index is 324. The molecule has 0 bridgehead atoms. The van der Waals surface area contributed by atoms with E-state index in [1.54, 1.807) is 6.33 Å². The molecule has 0 saturated heterocycles. The number of aldehydes is 1. The Kier molecular flexibility index (Phi) is 3.19. The van der Waals surface area contributed by atoms with E-state index in [1.807, 2.05) is 6.20 Å². The molecule has 1 heterocycles. The Balaban J connectivity index is 1.97. The summed E-state index contributed by atoms with van der Waals surface area (Å²) in [4.78, 5) is 14.6. The molecule has 0 spiro atoms. The van der Waals surface area contributed by atoms with Crippen LogP contribution in [0.15, 0.2) is 12.5 Å². The van der Waals surface area contributed by atoms with Crippen LogP contribution in [0.2, 0.25) is 0 Å². The number of carbonyl (C=O) groups excluding carboxylic acids is 1. The lowest BCUT2D eigenvalue weighted by molar-refractivity contribution is 0.111. The maximum Gasteiger partial charge on any atom is 0.169 e. The number of aromatic nitrogens is 2. The number of rotatable bonds is 3. The summed E-state index contributed by atoms with van der Waals surface area (Å²) in [6.45, 7) is 2.27. The molecule has 1 aromatic heterocycles. The molecule has 1 saturated carbocycles. The van der Waals surface area contributed by atoms with Crippen molar-refractivity contribution in [3.05, 3.63) is 18.2 Å². The van der Waals surface area contributed by atoms with E-state index in [2.05, 4.69) is 16.5 Å². The molecule has 1 aromatic rings. The Labute approximate surface area is 90.5 Å². The highest BCUT2D eigenvalue weighted by atomic mass is 16.1. The van der Waals surface area contributed by atoms with Crippen molar-refractivity contribution in [3.63, 3.8) is 0 Å². The van der Waals surface area contributed by atoms with Crippen LogP contribution in [-0.2, 0) is 0 Å². The molecule has 0 unspecified atom stereocenters. The summed E-state index contributed by atoms with van der Waals surface area (Å²) in [6, 6.07) is 0.564. The first-order chi connectivity index (χ1) is 7.33. The Hall–Kier alpha value is -1.12. The van der Waals surface area contributed by atoms with Gasteiger partial charge in [0.15, 0.2) is 6.29 Å². The van der Waals surface area contributed by atoms with Gasteiger partial charge in [-0.3, -0.25) is 4.79 Å². The molecule has 2 rings (SSSR count). The minimum absolute atomic E-state index is 0.549. The van der Waals surface area contributed by atoms with Gasteiger partial charge >= 0.3 is 0 Å². The van der Waals surface area contributed by atoms with Crippen molar-refractivity contribution in [1.29, 1.82) is 0 Å². The fraction of sp³-hybridized carbons (Fsp3) is 0.667. The van der Waals surface area contributed by atoms with Gasteiger partial charge in [-0.15, -0.1) is 0 Å². The topological polar surface area (TPSA) is 34.9 Å². The van der Waals surface area contributed by atoms with Crippen molar-refractivity contribution in [2.45, 2.75) is 45.1 Å². The molecule has 15 heavy (non-hydrogen) atoms. The highest BCUT2D eigenvalue weighted by molar-refractivity contribution is 5.70. The van der Waals surface area contributed by atoms with Crippen molar-refractivity contribution in [2.24, 2.45) is 5.92 Å². The molecule has 0 aliphatic heterocycles. The van der Waals surface area contributed by atoms with Crippen molar-refractivity contribution in [3.8, 4) is 0 Å². The highest BCUT2D eigenvalue weighted by Gasteiger charge is 2.20. The molecule has 0 aromatic carbocycles. The predicted molar refractivity (Wildman–Crippen MR) is 58.9 cm³/mol. The normalized spacial score (nSPS) is 26.5. The first-order valence-corrected chi connectivity index (χ1v) is 5.82. The number of hydrogen-bond acceptors (Lipinski definition) is 2. The van der Waals surface area contributed by atoms with Crippen LogP contribution in [0.1, 0.15) is 55.6 Å². The predicted octanol–water partition coefficient (Wildman–Crippen LogP) is 2.84. The average Bonchev–Trinajstić information content (AvgIpc) is 2.78. The number of imidazole rings is 1. The van der Waals surface area contributed by atoms with Crippen molar-refractivity contribution >= 4 is 6.29 Å². The van der Waals surface area contributed by atoms with Crippen LogP contribution in [0.4, 0.5) is 0 Å². The fourth-order valence-electron chi connectivity index (χ4n) is 2.46. The van der Waals surface area contributed by atoms with Gasteiger partial charge in [0.05, 0.1) is 6.33 Å². The zero-order valence-corrected chi connectivity index (χ0v) is 9.22. The first kappa shape index (κ1) is 10.4. The van der Waals surface area contributed by atoms with E-state index in [0.717, 1.165) is 12.2 Å². The third-order valence-electron chi connectivity index (χ3n) is 3.56. The molecular formula is C12H18N2O. The van der Waals surface area contributed by atoms with Gasteiger partial charge < -0.3 is 4.57 Å². The lowest BCUT2D eigenvalue weighted by Crippen LogP contribution is -2.16. The summed E-state index contributed by atoms with van der Waals surface area (Å²) in [5.74, 6) is 0.912. The van der Waals surface area contributed by atoms with Crippen molar-refractivity contribution in [2.75, 3.05) is 0 Å². The van der Waals surface area contributed by atoms with Crippen LogP contribution in [0.25, 0.3) is 0 Å². The summed E-state index contributed by atoms with van der Waals surface area (Å²) in [5, 5.41) is 0. The zero-order chi connectivity index (χ0) is 10.7. The molecule has 3 nitrogen and oxygen atoms in total. The summed E-state index contributed by atoms with van der Waals surface area (Å²) < 4.78 is 2.11. The molecule has 1 fully saturated rings. The van der Waals surface area contributed by atoms with Gasteiger partial charge in [-0.1, -0.05) is 13.3 Å². The third kappa shape index (κ3) is 2.28. The first-order valence-electron chi connectivity index (χ1n) is 5.82. The van der Waals surface area contributed by atoms with Crippen molar-refractivity contribution in [1.82, 2.24) is 9.55 Å². The van der Waals surface area contributed by atoms with Gasteiger partial charge in [0.25, 0.3) is 0 Å². The minimum atomic E-state index is 0.549. The maximum absolute atomic E-state index is 10.5. The van der Waals surface area contributed by atoms with E-state index < -0.39 is 0 Å². The van der Waals surface area contributed by atoms with E-state index in [0.29, 0.717) is 11.7 Å². The van der Waals surface area contributed by atoms with E-state index in [4.69, 9.17) is 0 Å². The lowest BCUT2D eigenvalue weighted by Gasteiger charge is -2.28. The van der Waals surface area contributed by atoms with Crippen LogP contribution in [0, 0.1) is 5.92 Å². The summed E-state index contributed by atoms with van der Waals surface area (Å²) in [6.07, 6.45) is 10.9. The Morgan fingerprint density at radius 1 is 1.47 bits per heavy atom. The maximum atomic E-state index is 10.5. The van der Waals surface area contributed by atoms with Crippen LogP contribution >= 0.6 is 0 Å². The molecule has 0 radical (unpaired) electrons. The van der Waals surface area contributed by atoms with E-state index in [1.165, 1.54) is 32.1 Å². The molecular weight excluding hydrogens is 188 g/mol. The second-order valence-electron chi connectivity index (χ2n) is 4.45. The monoisotopic (exact) mass is 206 g/mol. The Morgan fingerprint density at radius 2 is 2.20 bits per heavy atom. The lowest BCUT2D eigenvalue weighted by atomic mass is 9.84. The molecule has 1 aliphatic carbocycles. The summed E-state index contributed by atoms with van der Waals surface area (Å²) in [7, 11) is 0. The molecule has 82 valence electrons. The third-order valence-corrected chi connectivity index (χ3v) is 3.56. The smallest absolute Gasteiger partial charge is 0.169 e. The van der Waals surface area contributed by atoms with Crippen LogP contribution in [0.3, 0.4) is 0 Å². The number of carbonyl (C=O) groups is 1. The molecule has 0 amide bonds. The zero-order valence-electron chi connectivity index (χ0n) is 9.22. The van der Waals surface area contributed by atoms with Gasteiger partial charge in [0, 0.05) is 12.2 Å². The molecule has 0 atom stereocenters. The van der Waals surface area contributed by atoms with Crippen molar-refractivity contribution < 1.29 is 4.79 Å². The highest BCUT2D eigenvalue weighted by Crippen LogP contribution is 2.33. The molecule has 0 N–H and O–H groups in total. The van der Waals surface area contributed by atoms with Gasteiger partial charge in [-0.2, -0.15) is 0 Å². The van der Waals surface area contributed by atoms with E-state index >= 15 is 0 Å². The van der Waals surface area contributed by atoms with Gasteiger partial charge in [-0.25, -0.2) is 4.98 Å². The SMILES string of the molecule is CCC1CCC(n2cnc(C=O)c2)CC1. The Morgan fingerprint density at radius 3 is 2.73 bits per heavy atom. The number of hydrogen-bond donors (Lipinski definition) is 0. The summed E-state index contributed by atoms with van der Waals surface area (Å²) >= 11 is 0. The van der Waals surface area contributed by atoms with Gasteiger partial charge in [0.1, 0.15) is 5.69 Å². The second kappa shape index (κ2) is 4.60. The quantitative estimate of drug-likeness (QED) is 0.713. The largest absolute Gasteiger partial charge is 0.334 e. The average molecular weight is 206 g/mol. The minimum Gasteiger partial charge on any atom is -0.334 e. The second-order valence-corrected chi connectivity index (χ2v) is 4.45. The van der Waals surface area contributed by atoms with Gasteiger partial charge in [-0.05, 0) is 31.6 Å². The standard InChI is InChI=1S/C12H18N2O/c1-2-10-3-5-12(6-4-10)14-7-11(8-15)13-9-14/h7-10,12H,2-6H2,1H3. The molecule has 3 heteroatoms. The number of nitrogens with zero attached hydrogens (tertiary/aromatic N) is 2. The van der Waals surface area contributed by atoms with Crippen LogP contribution in [0.5, 0.6) is 0 Å². The fourth-order valence-corrected chi connectivity index (χ4v) is 2.46. The van der Waals surface area contributed by atoms with E-state index in [-0.39, 0.29) is 0 Å². The summed E-state index contributed by atoms with van der Waals surface area (Å²) in [5.41, 5.74) is 0.549.